The third kappa shape index (κ3) is 13.3. The van der Waals surface area contributed by atoms with E-state index in [2.05, 4.69) is 37.8 Å². The van der Waals surface area contributed by atoms with Crippen LogP contribution in [0.5, 0.6) is 0 Å². The van der Waals surface area contributed by atoms with E-state index in [0.29, 0.717) is 0 Å². The van der Waals surface area contributed by atoms with Crippen molar-refractivity contribution >= 4 is 0 Å². The number of hydrogen-bond acceptors (Lipinski definition) is 0. The monoisotopic (exact) mass is 220 g/mol. The fourth-order valence-electron chi connectivity index (χ4n) is 1.61. The summed E-state index contributed by atoms with van der Waals surface area (Å²) in [5, 5.41) is 0. The Bertz CT molecular complexity index is 202. The Morgan fingerprint density at radius 3 is 2.19 bits per heavy atom. The van der Waals surface area contributed by atoms with Crippen LogP contribution in [0.4, 0.5) is 0 Å². The van der Waals surface area contributed by atoms with Gasteiger partial charge in [-0.1, -0.05) is 58.1 Å². The minimum atomic E-state index is 1.03. The standard InChI is InChI=1S/C16H28/c1-3-5-7-9-11-13-15-16-14-12-10-8-6-4-2/h5,7H,3-4,6,8-12,14,16H2,1-2H3/b7-5-. The molecule has 0 heteroatoms. The van der Waals surface area contributed by atoms with Gasteiger partial charge < -0.3 is 0 Å². The quantitative estimate of drug-likeness (QED) is 0.274. The molecule has 0 aromatic heterocycles. The molecular weight excluding hydrogens is 192 g/mol. The van der Waals surface area contributed by atoms with Gasteiger partial charge in [-0.15, -0.1) is 11.8 Å². The van der Waals surface area contributed by atoms with Gasteiger partial charge in [-0.25, -0.2) is 0 Å². The van der Waals surface area contributed by atoms with Crippen molar-refractivity contribution in [1.29, 1.82) is 0 Å². The van der Waals surface area contributed by atoms with Crippen molar-refractivity contribution < 1.29 is 0 Å². The summed E-state index contributed by atoms with van der Waals surface area (Å²) < 4.78 is 0. The Labute approximate surface area is 103 Å². The minimum Gasteiger partial charge on any atom is -0.103 e. The lowest BCUT2D eigenvalue weighted by atomic mass is 10.1. The number of rotatable bonds is 9. The van der Waals surface area contributed by atoms with Crippen molar-refractivity contribution in [3.05, 3.63) is 12.2 Å². The molecule has 0 rings (SSSR count). The van der Waals surface area contributed by atoms with Crippen LogP contribution in [0.15, 0.2) is 12.2 Å². The van der Waals surface area contributed by atoms with Crippen molar-refractivity contribution in [3.63, 3.8) is 0 Å². The smallest absolute Gasteiger partial charge is 0.0123 e. The third-order valence-corrected chi connectivity index (χ3v) is 2.62. The van der Waals surface area contributed by atoms with Gasteiger partial charge >= 0.3 is 0 Å². The van der Waals surface area contributed by atoms with Gasteiger partial charge in [0.2, 0.25) is 0 Å². The maximum Gasteiger partial charge on any atom is 0.0123 e. The Morgan fingerprint density at radius 2 is 1.44 bits per heavy atom. The molecule has 0 atom stereocenters. The van der Waals surface area contributed by atoms with Gasteiger partial charge in [0, 0.05) is 12.8 Å². The third-order valence-electron chi connectivity index (χ3n) is 2.62. The zero-order valence-electron chi connectivity index (χ0n) is 11.2. The summed E-state index contributed by atoms with van der Waals surface area (Å²) in [6.45, 7) is 4.43. The fraction of sp³-hybridized carbons (Fsp3) is 0.750. The van der Waals surface area contributed by atoms with Crippen LogP contribution >= 0.6 is 0 Å². The molecule has 0 heterocycles. The van der Waals surface area contributed by atoms with Crippen LogP contribution < -0.4 is 0 Å². The zero-order valence-corrected chi connectivity index (χ0v) is 11.2. The summed E-state index contributed by atoms with van der Waals surface area (Å²) in [5.41, 5.74) is 0. The highest BCUT2D eigenvalue weighted by Crippen LogP contribution is 2.06. The highest BCUT2D eigenvalue weighted by molar-refractivity contribution is 5.00. The Balaban J connectivity index is 3.12. The summed E-state index contributed by atoms with van der Waals surface area (Å²) in [6.07, 6.45) is 17.1. The van der Waals surface area contributed by atoms with E-state index in [1.807, 2.05) is 0 Å². The van der Waals surface area contributed by atoms with Gasteiger partial charge in [0.1, 0.15) is 0 Å². The van der Waals surface area contributed by atoms with Crippen LogP contribution in [0.3, 0.4) is 0 Å². The Kier molecular flexibility index (Phi) is 13.7. The lowest BCUT2D eigenvalue weighted by Gasteiger charge is -1.96. The van der Waals surface area contributed by atoms with E-state index in [9.17, 15) is 0 Å². The molecule has 0 spiro atoms. The Morgan fingerprint density at radius 1 is 0.750 bits per heavy atom. The highest BCUT2D eigenvalue weighted by Gasteiger charge is 1.87. The van der Waals surface area contributed by atoms with E-state index in [-0.39, 0.29) is 0 Å². The van der Waals surface area contributed by atoms with Crippen LogP contribution in [0.2, 0.25) is 0 Å². The first-order chi connectivity index (χ1) is 7.91. The molecular formula is C16H28. The molecule has 0 aromatic carbocycles. The molecule has 0 unspecified atom stereocenters. The summed E-state index contributed by atoms with van der Waals surface area (Å²) in [6, 6.07) is 0. The Hall–Kier alpha value is -0.700. The molecule has 0 aromatic rings. The van der Waals surface area contributed by atoms with E-state index >= 15 is 0 Å². The second-order valence-corrected chi connectivity index (χ2v) is 4.29. The normalized spacial score (nSPS) is 10.4. The largest absolute Gasteiger partial charge is 0.103 e. The van der Waals surface area contributed by atoms with Crippen LogP contribution in [0.25, 0.3) is 0 Å². The fourth-order valence-corrected chi connectivity index (χ4v) is 1.61. The molecule has 0 fully saturated rings. The molecule has 0 aliphatic carbocycles. The number of hydrogen-bond donors (Lipinski definition) is 0. The molecule has 0 saturated carbocycles. The molecule has 0 N–H and O–H groups in total. The summed E-state index contributed by atoms with van der Waals surface area (Å²) in [5.74, 6) is 6.51. The van der Waals surface area contributed by atoms with E-state index < -0.39 is 0 Å². The van der Waals surface area contributed by atoms with Crippen LogP contribution in [-0.4, -0.2) is 0 Å². The lowest BCUT2D eigenvalue weighted by Crippen LogP contribution is -1.77. The maximum atomic E-state index is 3.27. The minimum absolute atomic E-state index is 1.03. The van der Waals surface area contributed by atoms with Crippen LogP contribution in [0.1, 0.15) is 78.1 Å². The van der Waals surface area contributed by atoms with Gasteiger partial charge in [-0.05, 0) is 19.3 Å². The van der Waals surface area contributed by atoms with E-state index in [1.54, 1.807) is 0 Å². The van der Waals surface area contributed by atoms with E-state index in [4.69, 9.17) is 0 Å². The lowest BCUT2D eigenvalue weighted by molar-refractivity contribution is 0.614. The topological polar surface area (TPSA) is 0 Å². The molecule has 0 radical (unpaired) electrons. The second kappa shape index (κ2) is 14.3. The molecule has 0 aliphatic heterocycles. The second-order valence-electron chi connectivity index (χ2n) is 4.29. The van der Waals surface area contributed by atoms with Crippen LogP contribution in [-0.2, 0) is 0 Å². The van der Waals surface area contributed by atoms with Gasteiger partial charge in [0.05, 0.1) is 0 Å². The highest BCUT2D eigenvalue weighted by atomic mass is 13.9. The predicted molar refractivity (Wildman–Crippen MR) is 74.4 cm³/mol. The zero-order chi connectivity index (χ0) is 11.9. The molecule has 0 amide bonds. The van der Waals surface area contributed by atoms with Crippen molar-refractivity contribution in [2.24, 2.45) is 0 Å². The molecule has 0 aliphatic rings. The van der Waals surface area contributed by atoms with Gasteiger partial charge in [-0.3, -0.25) is 0 Å². The maximum absolute atomic E-state index is 3.27. The van der Waals surface area contributed by atoms with Gasteiger partial charge in [0.15, 0.2) is 0 Å². The molecule has 92 valence electrons. The van der Waals surface area contributed by atoms with Crippen molar-refractivity contribution in [3.8, 4) is 11.8 Å². The average molecular weight is 220 g/mol. The SMILES string of the molecule is CC/C=C\CCC#CCCCCCCCC. The molecule has 0 saturated heterocycles. The first-order valence-electron chi connectivity index (χ1n) is 7.02. The molecule has 0 bridgehead atoms. The molecule has 0 nitrogen and oxygen atoms in total. The number of allylic oxidation sites excluding steroid dienone is 2. The van der Waals surface area contributed by atoms with E-state index in [1.165, 1.54) is 38.5 Å². The summed E-state index contributed by atoms with van der Waals surface area (Å²) >= 11 is 0. The first kappa shape index (κ1) is 15.3. The van der Waals surface area contributed by atoms with Gasteiger partial charge in [-0.2, -0.15) is 0 Å². The van der Waals surface area contributed by atoms with Crippen molar-refractivity contribution in [2.75, 3.05) is 0 Å². The van der Waals surface area contributed by atoms with Gasteiger partial charge in [0.25, 0.3) is 0 Å². The van der Waals surface area contributed by atoms with Crippen LogP contribution in [0, 0.1) is 11.8 Å². The summed E-state index contributed by atoms with van der Waals surface area (Å²) in [4.78, 5) is 0. The average Bonchev–Trinajstić information content (AvgIpc) is 2.31. The molecule has 16 heavy (non-hydrogen) atoms. The van der Waals surface area contributed by atoms with Crippen molar-refractivity contribution in [1.82, 2.24) is 0 Å². The first-order valence-corrected chi connectivity index (χ1v) is 7.02. The van der Waals surface area contributed by atoms with E-state index in [0.717, 1.165) is 25.7 Å². The van der Waals surface area contributed by atoms with Crippen molar-refractivity contribution in [2.45, 2.75) is 78.1 Å². The summed E-state index contributed by atoms with van der Waals surface area (Å²) in [7, 11) is 0. The predicted octanol–water partition coefficient (Wildman–Crippen LogP) is 5.49. The number of unbranched alkanes of at least 4 members (excludes halogenated alkanes) is 7.